The van der Waals surface area contributed by atoms with Crippen LogP contribution in [0.4, 0.5) is 17.2 Å². The Kier molecular flexibility index (Phi) is 9.55. The third-order valence-corrected chi connectivity index (χ3v) is 7.67. The lowest BCUT2D eigenvalue weighted by Crippen LogP contribution is -2.47. The Bertz CT molecular complexity index is 944. The van der Waals surface area contributed by atoms with Crippen LogP contribution in [0, 0.1) is 0 Å². The molecule has 190 valence electrons. The molecule has 0 saturated carbocycles. The van der Waals surface area contributed by atoms with Crippen molar-refractivity contribution in [2.75, 3.05) is 49.5 Å². The number of pyridine rings is 1. The van der Waals surface area contributed by atoms with Crippen LogP contribution in [0.2, 0.25) is 0 Å². The van der Waals surface area contributed by atoms with Gasteiger partial charge in [0.05, 0.1) is 16.9 Å². The van der Waals surface area contributed by atoms with Crippen molar-refractivity contribution in [1.82, 2.24) is 14.8 Å². The fourth-order valence-electron chi connectivity index (χ4n) is 5.60. The Balaban J connectivity index is 1.24. The highest BCUT2D eigenvalue weighted by atomic mass is 16.1. The molecule has 1 aromatic carbocycles. The van der Waals surface area contributed by atoms with Gasteiger partial charge in [0.1, 0.15) is 0 Å². The number of carbonyl (C=O) groups excluding carboxylic acids is 1. The number of piperidine rings is 1. The van der Waals surface area contributed by atoms with Gasteiger partial charge in [-0.1, -0.05) is 51.7 Å². The topological polar surface area (TPSA) is 51.7 Å². The standard InChI is InChI=1S/C29H43N5O/c1-3-32(4-2)23-24-15-10-13-21-33(24)20-11-6-5-7-12-22-34-27-18-9-8-16-25(27)29(35)31-26-17-14-19-30-28(26)34/h8-9,14,16-19,24H,3-7,10-13,15,20-23H2,1-2H3,(H,31,35). The van der Waals surface area contributed by atoms with Gasteiger partial charge in [0.25, 0.3) is 5.91 Å². The number of aromatic nitrogens is 1. The largest absolute Gasteiger partial charge is 0.324 e. The van der Waals surface area contributed by atoms with Gasteiger partial charge in [-0.05, 0) is 76.1 Å². The first-order valence-electron chi connectivity index (χ1n) is 13.8. The summed E-state index contributed by atoms with van der Waals surface area (Å²) in [6.45, 7) is 11.5. The molecular formula is C29H43N5O. The lowest BCUT2D eigenvalue weighted by atomic mass is 10.0. The molecule has 4 rings (SSSR count). The summed E-state index contributed by atoms with van der Waals surface area (Å²) in [4.78, 5) is 24.9. The molecule has 1 saturated heterocycles. The van der Waals surface area contributed by atoms with Crippen LogP contribution < -0.4 is 10.2 Å². The highest BCUT2D eigenvalue weighted by Crippen LogP contribution is 2.36. The molecule has 1 N–H and O–H groups in total. The average Bonchev–Trinajstić information content (AvgIpc) is 3.01. The number of nitrogens with zero attached hydrogens (tertiary/aromatic N) is 4. The minimum absolute atomic E-state index is 0.0608. The third kappa shape index (κ3) is 6.62. The summed E-state index contributed by atoms with van der Waals surface area (Å²) in [6, 6.07) is 12.4. The Hall–Kier alpha value is -2.44. The maximum absolute atomic E-state index is 12.7. The summed E-state index contributed by atoms with van der Waals surface area (Å²) in [5.74, 6) is 0.782. The Morgan fingerprint density at radius 2 is 1.74 bits per heavy atom. The SMILES string of the molecule is CCN(CC)CC1CCCCN1CCCCCCCN1c2ccccc2C(=O)Nc2cccnc21. The monoisotopic (exact) mass is 477 g/mol. The zero-order valence-electron chi connectivity index (χ0n) is 21.7. The summed E-state index contributed by atoms with van der Waals surface area (Å²) < 4.78 is 0. The highest BCUT2D eigenvalue weighted by Gasteiger charge is 2.26. The Labute approximate surface area is 211 Å². The van der Waals surface area contributed by atoms with Gasteiger partial charge in [0.15, 0.2) is 5.82 Å². The molecule has 1 aromatic heterocycles. The van der Waals surface area contributed by atoms with E-state index >= 15 is 0 Å². The van der Waals surface area contributed by atoms with Gasteiger partial charge in [-0.3, -0.25) is 9.69 Å². The molecule has 3 heterocycles. The maximum Gasteiger partial charge on any atom is 0.257 e. The zero-order chi connectivity index (χ0) is 24.5. The number of carbonyl (C=O) groups is 1. The second kappa shape index (κ2) is 13.0. The number of nitrogens with one attached hydrogen (secondary N) is 1. The molecule has 0 bridgehead atoms. The van der Waals surface area contributed by atoms with Gasteiger partial charge in [0.2, 0.25) is 0 Å². The molecule has 1 fully saturated rings. The van der Waals surface area contributed by atoms with E-state index in [2.05, 4.69) is 38.8 Å². The van der Waals surface area contributed by atoms with Crippen molar-refractivity contribution in [3.8, 4) is 0 Å². The molecule has 0 radical (unpaired) electrons. The van der Waals surface area contributed by atoms with Crippen LogP contribution in [-0.4, -0.2) is 66.0 Å². The summed E-state index contributed by atoms with van der Waals surface area (Å²) in [6.07, 6.45) is 12.1. The van der Waals surface area contributed by atoms with E-state index in [0.29, 0.717) is 5.56 Å². The van der Waals surface area contributed by atoms with Crippen molar-refractivity contribution in [3.05, 3.63) is 48.2 Å². The van der Waals surface area contributed by atoms with Crippen molar-refractivity contribution in [2.45, 2.75) is 71.3 Å². The summed E-state index contributed by atoms with van der Waals surface area (Å²) in [7, 11) is 0. The van der Waals surface area contributed by atoms with Crippen LogP contribution in [0.15, 0.2) is 42.6 Å². The molecule has 35 heavy (non-hydrogen) atoms. The maximum atomic E-state index is 12.7. The molecule has 0 spiro atoms. The van der Waals surface area contributed by atoms with Crippen molar-refractivity contribution in [2.24, 2.45) is 0 Å². The Morgan fingerprint density at radius 3 is 2.57 bits per heavy atom. The van der Waals surface area contributed by atoms with Crippen LogP contribution in [0.5, 0.6) is 0 Å². The van der Waals surface area contributed by atoms with Crippen molar-refractivity contribution in [3.63, 3.8) is 0 Å². The molecule has 2 aliphatic heterocycles. The predicted molar refractivity (Wildman–Crippen MR) is 146 cm³/mol. The number of likely N-dealkylation sites (N-methyl/N-ethyl adjacent to an activating group) is 1. The second-order valence-corrected chi connectivity index (χ2v) is 9.94. The molecule has 6 heteroatoms. The molecule has 1 atom stereocenters. The van der Waals surface area contributed by atoms with Crippen LogP contribution in [0.1, 0.15) is 75.6 Å². The van der Waals surface area contributed by atoms with Crippen molar-refractivity contribution in [1.29, 1.82) is 0 Å². The lowest BCUT2D eigenvalue weighted by molar-refractivity contribution is 0.102. The van der Waals surface area contributed by atoms with Gasteiger partial charge in [-0.2, -0.15) is 0 Å². The smallest absolute Gasteiger partial charge is 0.257 e. The second-order valence-electron chi connectivity index (χ2n) is 9.94. The molecule has 0 aliphatic carbocycles. The van der Waals surface area contributed by atoms with Gasteiger partial charge in [0, 0.05) is 25.3 Å². The van der Waals surface area contributed by atoms with Gasteiger partial charge in [-0.15, -0.1) is 0 Å². The lowest BCUT2D eigenvalue weighted by Gasteiger charge is -2.38. The van der Waals surface area contributed by atoms with E-state index < -0.39 is 0 Å². The summed E-state index contributed by atoms with van der Waals surface area (Å²) in [5.41, 5.74) is 2.45. The number of benzene rings is 1. The predicted octanol–water partition coefficient (Wildman–Crippen LogP) is 5.93. The molecular weight excluding hydrogens is 434 g/mol. The fraction of sp³-hybridized carbons (Fsp3) is 0.586. The quantitative estimate of drug-likeness (QED) is 0.384. The highest BCUT2D eigenvalue weighted by molar-refractivity contribution is 6.11. The fourth-order valence-corrected chi connectivity index (χ4v) is 5.60. The number of amides is 1. The van der Waals surface area contributed by atoms with E-state index in [-0.39, 0.29) is 5.91 Å². The van der Waals surface area contributed by atoms with Crippen molar-refractivity contribution >= 4 is 23.1 Å². The number of para-hydroxylation sites is 1. The molecule has 1 unspecified atom stereocenters. The minimum Gasteiger partial charge on any atom is -0.324 e. The van der Waals surface area contributed by atoms with E-state index in [1.807, 2.05) is 36.4 Å². The van der Waals surface area contributed by atoms with E-state index in [1.165, 1.54) is 64.6 Å². The van der Waals surface area contributed by atoms with Crippen LogP contribution >= 0.6 is 0 Å². The number of unbranched alkanes of at least 4 members (excludes halogenated alkanes) is 4. The van der Waals surface area contributed by atoms with E-state index in [9.17, 15) is 4.79 Å². The van der Waals surface area contributed by atoms with E-state index in [4.69, 9.17) is 0 Å². The van der Waals surface area contributed by atoms with Crippen LogP contribution in [-0.2, 0) is 0 Å². The molecule has 1 amide bonds. The first-order valence-corrected chi connectivity index (χ1v) is 13.8. The van der Waals surface area contributed by atoms with Crippen LogP contribution in [0.3, 0.4) is 0 Å². The molecule has 6 nitrogen and oxygen atoms in total. The number of hydrogen-bond acceptors (Lipinski definition) is 5. The van der Waals surface area contributed by atoms with Gasteiger partial charge >= 0.3 is 0 Å². The summed E-state index contributed by atoms with van der Waals surface area (Å²) >= 11 is 0. The number of likely N-dealkylation sites (tertiary alicyclic amines) is 1. The normalized spacial score (nSPS) is 18.2. The third-order valence-electron chi connectivity index (χ3n) is 7.67. The molecule has 2 aromatic rings. The van der Waals surface area contributed by atoms with Crippen LogP contribution in [0.25, 0.3) is 0 Å². The van der Waals surface area contributed by atoms with Gasteiger partial charge in [-0.25, -0.2) is 4.98 Å². The van der Waals surface area contributed by atoms with Crippen molar-refractivity contribution < 1.29 is 4.79 Å². The summed E-state index contributed by atoms with van der Waals surface area (Å²) in [5, 5.41) is 3.03. The first kappa shape index (κ1) is 25.6. The number of fused-ring (bicyclic) bond motifs is 2. The average molecular weight is 478 g/mol. The first-order chi connectivity index (χ1) is 17.2. The minimum atomic E-state index is -0.0608. The number of anilines is 3. The Morgan fingerprint density at radius 1 is 0.971 bits per heavy atom. The zero-order valence-corrected chi connectivity index (χ0v) is 21.7. The van der Waals surface area contributed by atoms with E-state index in [0.717, 1.165) is 49.3 Å². The number of rotatable bonds is 12. The molecule has 2 aliphatic rings. The number of hydrogen-bond donors (Lipinski definition) is 1. The van der Waals surface area contributed by atoms with E-state index in [1.54, 1.807) is 6.20 Å². The van der Waals surface area contributed by atoms with Gasteiger partial charge < -0.3 is 15.1 Å².